The summed E-state index contributed by atoms with van der Waals surface area (Å²) in [5, 5.41) is 0.0716. The van der Waals surface area contributed by atoms with Crippen LogP contribution in [0.3, 0.4) is 0 Å². The zero-order valence-electron chi connectivity index (χ0n) is 9.90. The molecule has 1 aromatic heterocycles. The van der Waals surface area contributed by atoms with Gasteiger partial charge in [0.05, 0.1) is 5.02 Å². The number of nitrogens with two attached hydrogens (primary N) is 1. The highest BCUT2D eigenvalue weighted by molar-refractivity contribution is 6.30. The number of hydrazine groups is 1. The van der Waals surface area contributed by atoms with Crippen molar-refractivity contribution in [2.75, 3.05) is 0 Å². The highest BCUT2D eigenvalue weighted by Crippen LogP contribution is 2.24. The SMILES string of the molecule is CCn1ccnc1C(NN)c1ccc(F)c(Cl)c1. The van der Waals surface area contributed by atoms with E-state index < -0.39 is 5.82 Å². The molecule has 6 heteroatoms. The van der Waals surface area contributed by atoms with Crippen molar-refractivity contribution in [3.05, 3.63) is 52.8 Å². The lowest BCUT2D eigenvalue weighted by Crippen LogP contribution is -2.31. The first-order chi connectivity index (χ1) is 8.67. The maximum atomic E-state index is 13.1. The molecule has 0 saturated carbocycles. The topological polar surface area (TPSA) is 55.9 Å². The fourth-order valence-corrected chi connectivity index (χ4v) is 2.05. The Morgan fingerprint density at radius 2 is 2.33 bits per heavy atom. The van der Waals surface area contributed by atoms with Crippen LogP contribution in [-0.4, -0.2) is 9.55 Å². The van der Waals surface area contributed by atoms with Gasteiger partial charge in [-0.2, -0.15) is 0 Å². The fraction of sp³-hybridized carbons (Fsp3) is 0.250. The molecule has 0 aliphatic carbocycles. The number of aryl methyl sites for hydroxylation is 1. The molecule has 96 valence electrons. The van der Waals surface area contributed by atoms with Gasteiger partial charge in [-0.05, 0) is 24.6 Å². The Morgan fingerprint density at radius 1 is 1.56 bits per heavy atom. The van der Waals surface area contributed by atoms with Crippen molar-refractivity contribution in [1.29, 1.82) is 0 Å². The predicted octanol–water partition coefficient (Wildman–Crippen LogP) is 2.25. The first kappa shape index (κ1) is 13.0. The van der Waals surface area contributed by atoms with E-state index in [0.29, 0.717) is 0 Å². The monoisotopic (exact) mass is 268 g/mol. The average Bonchev–Trinajstić information content (AvgIpc) is 2.83. The normalized spacial score (nSPS) is 12.7. The molecule has 0 spiro atoms. The van der Waals surface area contributed by atoms with Gasteiger partial charge in [-0.3, -0.25) is 5.84 Å². The molecule has 1 aromatic carbocycles. The number of nitrogens with one attached hydrogen (secondary N) is 1. The number of imidazole rings is 1. The third-order valence-corrected chi connectivity index (χ3v) is 3.08. The number of halogens is 2. The summed E-state index contributed by atoms with van der Waals surface area (Å²) in [6.45, 7) is 2.79. The molecule has 2 aromatic rings. The molecule has 1 heterocycles. The molecule has 0 radical (unpaired) electrons. The van der Waals surface area contributed by atoms with Crippen LogP contribution in [0.25, 0.3) is 0 Å². The number of nitrogens with zero attached hydrogens (tertiary/aromatic N) is 2. The maximum absolute atomic E-state index is 13.1. The van der Waals surface area contributed by atoms with Gasteiger partial charge in [0.1, 0.15) is 17.7 Å². The Labute approximate surface area is 110 Å². The van der Waals surface area contributed by atoms with Crippen molar-refractivity contribution in [3.8, 4) is 0 Å². The molecule has 0 amide bonds. The van der Waals surface area contributed by atoms with E-state index in [-0.39, 0.29) is 11.1 Å². The molecule has 1 atom stereocenters. The van der Waals surface area contributed by atoms with Crippen LogP contribution in [0, 0.1) is 5.82 Å². The lowest BCUT2D eigenvalue weighted by atomic mass is 10.1. The second kappa shape index (κ2) is 5.48. The Bertz CT molecular complexity index is 541. The van der Waals surface area contributed by atoms with Gasteiger partial charge >= 0.3 is 0 Å². The summed E-state index contributed by atoms with van der Waals surface area (Å²) < 4.78 is 15.1. The maximum Gasteiger partial charge on any atom is 0.141 e. The van der Waals surface area contributed by atoms with Crippen LogP contribution < -0.4 is 11.3 Å². The molecular formula is C12H14ClFN4. The van der Waals surface area contributed by atoms with Crippen LogP contribution in [0.15, 0.2) is 30.6 Å². The average molecular weight is 269 g/mol. The molecule has 0 aliphatic heterocycles. The van der Waals surface area contributed by atoms with Crippen molar-refractivity contribution in [2.24, 2.45) is 5.84 Å². The van der Waals surface area contributed by atoms with Gasteiger partial charge in [0.15, 0.2) is 0 Å². The minimum atomic E-state index is -0.449. The van der Waals surface area contributed by atoms with E-state index in [4.69, 9.17) is 17.4 Å². The second-order valence-corrected chi connectivity index (χ2v) is 4.25. The van der Waals surface area contributed by atoms with Gasteiger partial charge < -0.3 is 4.57 Å². The summed E-state index contributed by atoms with van der Waals surface area (Å²) in [7, 11) is 0. The van der Waals surface area contributed by atoms with Crippen LogP contribution in [-0.2, 0) is 6.54 Å². The van der Waals surface area contributed by atoms with Gasteiger partial charge in [0.2, 0.25) is 0 Å². The van der Waals surface area contributed by atoms with E-state index >= 15 is 0 Å². The van der Waals surface area contributed by atoms with Crippen molar-refractivity contribution in [3.63, 3.8) is 0 Å². The first-order valence-corrected chi connectivity index (χ1v) is 5.97. The molecule has 18 heavy (non-hydrogen) atoms. The van der Waals surface area contributed by atoms with Crippen molar-refractivity contribution < 1.29 is 4.39 Å². The summed E-state index contributed by atoms with van der Waals surface area (Å²) >= 11 is 5.78. The molecule has 1 unspecified atom stereocenters. The van der Waals surface area contributed by atoms with Crippen molar-refractivity contribution in [1.82, 2.24) is 15.0 Å². The molecule has 0 fully saturated rings. The molecule has 0 saturated heterocycles. The van der Waals surface area contributed by atoms with E-state index in [9.17, 15) is 4.39 Å². The smallest absolute Gasteiger partial charge is 0.141 e. The summed E-state index contributed by atoms with van der Waals surface area (Å²) in [5.41, 5.74) is 3.45. The van der Waals surface area contributed by atoms with Gasteiger partial charge in [-0.1, -0.05) is 17.7 Å². The highest BCUT2D eigenvalue weighted by Gasteiger charge is 2.18. The highest BCUT2D eigenvalue weighted by atomic mass is 35.5. The minimum absolute atomic E-state index is 0.0716. The van der Waals surface area contributed by atoms with Crippen LogP contribution in [0.5, 0.6) is 0 Å². The fourth-order valence-electron chi connectivity index (χ4n) is 1.86. The largest absolute Gasteiger partial charge is 0.334 e. The third-order valence-electron chi connectivity index (χ3n) is 2.79. The Morgan fingerprint density at radius 3 is 2.94 bits per heavy atom. The molecular weight excluding hydrogens is 255 g/mol. The van der Waals surface area contributed by atoms with Gasteiger partial charge in [-0.25, -0.2) is 14.8 Å². The number of aromatic nitrogens is 2. The van der Waals surface area contributed by atoms with E-state index in [2.05, 4.69) is 10.4 Å². The third kappa shape index (κ3) is 2.38. The van der Waals surface area contributed by atoms with Crippen LogP contribution in [0.1, 0.15) is 24.4 Å². The van der Waals surface area contributed by atoms with Crippen LogP contribution in [0.4, 0.5) is 4.39 Å². The molecule has 0 aliphatic rings. The van der Waals surface area contributed by atoms with E-state index in [1.54, 1.807) is 18.3 Å². The molecule has 0 bridgehead atoms. The number of hydrogen-bond acceptors (Lipinski definition) is 3. The predicted molar refractivity (Wildman–Crippen MR) is 68.5 cm³/mol. The quantitative estimate of drug-likeness (QED) is 0.661. The van der Waals surface area contributed by atoms with E-state index in [0.717, 1.165) is 17.9 Å². The summed E-state index contributed by atoms with van der Waals surface area (Å²) in [6, 6.07) is 4.19. The first-order valence-electron chi connectivity index (χ1n) is 5.59. The van der Waals surface area contributed by atoms with Gasteiger partial charge in [0, 0.05) is 18.9 Å². The Balaban J connectivity index is 2.42. The minimum Gasteiger partial charge on any atom is -0.334 e. The summed E-state index contributed by atoms with van der Waals surface area (Å²) in [6.07, 6.45) is 3.57. The van der Waals surface area contributed by atoms with E-state index in [1.807, 2.05) is 17.7 Å². The second-order valence-electron chi connectivity index (χ2n) is 3.84. The molecule has 3 N–H and O–H groups in total. The van der Waals surface area contributed by atoms with Crippen LogP contribution >= 0.6 is 11.6 Å². The Kier molecular flexibility index (Phi) is 3.96. The number of hydrogen-bond donors (Lipinski definition) is 2. The number of benzene rings is 1. The molecule has 2 rings (SSSR count). The Hall–Kier alpha value is -1.43. The van der Waals surface area contributed by atoms with Crippen molar-refractivity contribution in [2.45, 2.75) is 19.5 Å². The summed E-state index contributed by atoms with van der Waals surface area (Å²) in [5.74, 6) is 5.88. The van der Waals surface area contributed by atoms with Gasteiger partial charge in [0.25, 0.3) is 0 Å². The number of rotatable bonds is 4. The van der Waals surface area contributed by atoms with E-state index in [1.165, 1.54) is 6.07 Å². The zero-order chi connectivity index (χ0) is 13.1. The lowest BCUT2D eigenvalue weighted by molar-refractivity contribution is 0.558. The zero-order valence-corrected chi connectivity index (χ0v) is 10.7. The summed E-state index contributed by atoms with van der Waals surface area (Å²) in [4.78, 5) is 4.27. The van der Waals surface area contributed by atoms with Crippen LogP contribution in [0.2, 0.25) is 5.02 Å². The standard InChI is InChI=1S/C12H14ClFN4/c1-2-18-6-5-16-12(18)11(17-15)8-3-4-10(14)9(13)7-8/h3-7,11,17H,2,15H2,1H3. The lowest BCUT2D eigenvalue weighted by Gasteiger charge is -2.17. The van der Waals surface area contributed by atoms with Gasteiger partial charge in [-0.15, -0.1) is 0 Å². The van der Waals surface area contributed by atoms with Crippen molar-refractivity contribution >= 4 is 11.6 Å². The molecule has 4 nitrogen and oxygen atoms in total.